The Balaban J connectivity index is 2.18. The van der Waals surface area contributed by atoms with Gasteiger partial charge in [0.2, 0.25) is 10.0 Å². The van der Waals surface area contributed by atoms with Crippen LogP contribution in [-0.4, -0.2) is 62.9 Å². The Morgan fingerprint density at radius 2 is 1.75 bits per heavy atom. The minimum atomic E-state index is -3.50. The molecule has 0 atom stereocenters. The lowest BCUT2D eigenvalue weighted by molar-refractivity contribution is 0.0589. The Kier molecular flexibility index (Phi) is 8.46. The number of ether oxygens (including phenoxy) is 1. The van der Waals surface area contributed by atoms with E-state index in [4.69, 9.17) is 4.74 Å². The number of carbonyl (C=O) groups excluding carboxylic acids is 1. The molecule has 0 bridgehead atoms. The van der Waals surface area contributed by atoms with E-state index in [1.54, 1.807) is 35.7 Å². The molecule has 0 unspecified atom stereocenters. The summed E-state index contributed by atoms with van der Waals surface area (Å²) in [6.45, 7) is 8.40. The summed E-state index contributed by atoms with van der Waals surface area (Å²) in [6.07, 6.45) is 3.51. The molecule has 0 aliphatic carbocycles. The van der Waals surface area contributed by atoms with Crippen LogP contribution in [-0.2, 0) is 14.8 Å². The van der Waals surface area contributed by atoms with Crippen molar-refractivity contribution in [1.82, 2.24) is 9.21 Å². The molecule has 0 aromatic heterocycles. The van der Waals surface area contributed by atoms with E-state index < -0.39 is 10.0 Å². The Hall–Kier alpha value is -1.44. The van der Waals surface area contributed by atoms with Crippen molar-refractivity contribution in [1.29, 1.82) is 0 Å². The molecule has 6 nitrogen and oxygen atoms in total. The molecule has 1 aromatic rings. The molecule has 1 saturated heterocycles. The van der Waals surface area contributed by atoms with Crippen molar-refractivity contribution in [3.05, 3.63) is 29.8 Å². The lowest BCUT2D eigenvalue weighted by Crippen LogP contribution is -2.41. The third-order valence-electron chi connectivity index (χ3n) is 5.66. The first-order chi connectivity index (χ1) is 13.3. The number of hydrogen-bond acceptors (Lipinski definition) is 4. The van der Waals surface area contributed by atoms with Crippen molar-refractivity contribution >= 4 is 15.9 Å². The van der Waals surface area contributed by atoms with Crippen LogP contribution in [0.5, 0.6) is 0 Å². The predicted octanol–water partition coefficient (Wildman–Crippen LogP) is 3.38. The summed E-state index contributed by atoms with van der Waals surface area (Å²) in [5.41, 5.74) is 0.509. The van der Waals surface area contributed by atoms with E-state index in [2.05, 4.69) is 20.8 Å². The highest BCUT2D eigenvalue weighted by Crippen LogP contribution is 2.24. The van der Waals surface area contributed by atoms with E-state index in [9.17, 15) is 13.2 Å². The molecule has 158 valence electrons. The summed E-state index contributed by atoms with van der Waals surface area (Å²) in [4.78, 5) is 15.1. The Labute approximate surface area is 169 Å². The fraction of sp³-hybridized carbons (Fsp3) is 0.667. The highest BCUT2D eigenvalue weighted by Gasteiger charge is 2.28. The lowest BCUT2D eigenvalue weighted by Gasteiger charge is -2.31. The number of benzene rings is 1. The van der Waals surface area contributed by atoms with Crippen molar-refractivity contribution in [3.8, 4) is 0 Å². The van der Waals surface area contributed by atoms with Crippen LogP contribution in [0.25, 0.3) is 0 Å². The highest BCUT2D eigenvalue weighted by molar-refractivity contribution is 7.89. The van der Waals surface area contributed by atoms with Gasteiger partial charge in [0.05, 0.1) is 11.5 Å². The lowest BCUT2D eigenvalue weighted by atomic mass is 10.0. The van der Waals surface area contributed by atoms with Gasteiger partial charge in [-0.3, -0.25) is 4.79 Å². The third kappa shape index (κ3) is 5.33. The van der Waals surface area contributed by atoms with Gasteiger partial charge in [0.1, 0.15) is 0 Å². The van der Waals surface area contributed by atoms with Crippen molar-refractivity contribution < 1.29 is 17.9 Å². The maximum atomic E-state index is 13.0. The van der Waals surface area contributed by atoms with Gasteiger partial charge in [0, 0.05) is 38.3 Å². The van der Waals surface area contributed by atoms with Gasteiger partial charge in [0.15, 0.2) is 0 Å². The van der Waals surface area contributed by atoms with Crippen molar-refractivity contribution in [3.63, 3.8) is 0 Å². The fourth-order valence-corrected chi connectivity index (χ4v) is 5.15. The summed E-state index contributed by atoms with van der Waals surface area (Å²) in [5.74, 6) is 0.483. The first kappa shape index (κ1) is 22.8. The molecule has 1 aliphatic heterocycles. The van der Waals surface area contributed by atoms with Gasteiger partial charge in [-0.15, -0.1) is 0 Å². The van der Waals surface area contributed by atoms with Gasteiger partial charge < -0.3 is 9.64 Å². The maximum absolute atomic E-state index is 13.0. The average molecular weight is 411 g/mol. The van der Waals surface area contributed by atoms with Crippen LogP contribution in [0, 0.1) is 5.92 Å². The van der Waals surface area contributed by atoms with Gasteiger partial charge in [0.25, 0.3) is 5.91 Å². The van der Waals surface area contributed by atoms with Gasteiger partial charge in [-0.05, 0) is 55.9 Å². The topological polar surface area (TPSA) is 66.9 Å². The van der Waals surface area contributed by atoms with Crippen LogP contribution in [0.15, 0.2) is 29.2 Å². The Morgan fingerprint density at radius 3 is 2.25 bits per heavy atom. The van der Waals surface area contributed by atoms with Gasteiger partial charge in [-0.25, -0.2) is 8.42 Å². The molecular weight excluding hydrogens is 376 g/mol. The number of methoxy groups -OCH3 is 1. The first-order valence-corrected chi connectivity index (χ1v) is 11.7. The number of carbonyl (C=O) groups is 1. The zero-order chi connectivity index (χ0) is 20.7. The molecule has 7 heteroatoms. The molecule has 0 N–H and O–H groups in total. The van der Waals surface area contributed by atoms with E-state index >= 15 is 0 Å². The third-order valence-corrected chi connectivity index (χ3v) is 7.57. The quantitative estimate of drug-likeness (QED) is 0.626. The SMILES string of the molecule is CCC(CC)N(CCOC)C(=O)c1ccc(S(=O)(=O)N2CCC(C)CC2)cc1. The maximum Gasteiger partial charge on any atom is 0.254 e. The van der Waals surface area contributed by atoms with E-state index in [0.29, 0.717) is 37.7 Å². The molecule has 0 saturated carbocycles. The molecule has 1 aliphatic rings. The second-order valence-electron chi connectivity index (χ2n) is 7.57. The zero-order valence-corrected chi connectivity index (χ0v) is 18.4. The second-order valence-corrected chi connectivity index (χ2v) is 9.51. The highest BCUT2D eigenvalue weighted by atomic mass is 32.2. The molecule has 0 radical (unpaired) electrons. The molecule has 2 rings (SSSR count). The largest absolute Gasteiger partial charge is 0.383 e. The van der Waals surface area contributed by atoms with Crippen LogP contribution < -0.4 is 0 Å². The van der Waals surface area contributed by atoms with Crippen LogP contribution in [0.3, 0.4) is 0 Å². The van der Waals surface area contributed by atoms with Crippen LogP contribution in [0.2, 0.25) is 0 Å². The minimum Gasteiger partial charge on any atom is -0.383 e. The van der Waals surface area contributed by atoms with E-state index in [1.807, 2.05) is 4.90 Å². The smallest absolute Gasteiger partial charge is 0.254 e. The van der Waals surface area contributed by atoms with Crippen LogP contribution >= 0.6 is 0 Å². The van der Waals surface area contributed by atoms with Crippen molar-refractivity contribution in [2.45, 2.75) is 57.4 Å². The van der Waals surface area contributed by atoms with Crippen LogP contribution in [0.1, 0.15) is 56.8 Å². The molecule has 28 heavy (non-hydrogen) atoms. The summed E-state index contributed by atoms with van der Waals surface area (Å²) < 4.78 is 32.4. The van der Waals surface area contributed by atoms with Crippen molar-refractivity contribution in [2.24, 2.45) is 5.92 Å². The Bertz CT molecular complexity index is 721. The van der Waals surface area contributed by atoms with E-state index in [0.717, 1.165) is 25.7 Å². The van der Waals surface area contributed by atoms with Crippen LogP contribution in [0.4, 0.5) is 0 Å². The fourth-order valence-electron chi connectivity index (χ4n) is 3.68. The molecular formula is C21H34N2O4S. The molecule has 0 spiro atoms. The Morgan fingerprint density at radius 1 is 1.18 bits per heavy atom. The second kappa shape index (κ2) is 10.4. The number of rotatable bonds is 9. The summed E-state index contributed by atoms with van der Waals surface area (Å²) in [5, 5.41) is 0. The molecule has 1 amide bonds. The van der Waals surface area contributed by atoms with Crippen molar-refractivity contribution in [2.75, 3.05) is 33.4 Å². The van der Waals surface area contributed by atoms with E-state index in [1.165, 1.54) is 0 Å². The number of nitrogens with zero attached hydrogens (tertiary/aromatic N) is 2. The molecule has 1 aromatic carbocycles. The number of piperidine rings is 1. The van der Waals surface area contributed by atoms with Gasteiger partial charge >= 0.3 is 0 Å². The standard InChI is InChI=1S/C21H34N2O4S/c1-5-19(6-2)23(15-16-27-4)21(24)18-7-9-20(10-8-18)28(25,26)22-13-11-17(3)12-14-22/h7-10,17,19H,5-6,11-16H2,1-4H3. The van der Waals surface area contributed by atoms with E-state index in [-0.39, 0.29) is 16.8 Å². The molecule has 1 fully saturated rings. The number of hydrogen-bond donors (Lipinski definition) is 0. The number of amides is 1. The first-order valence-electron chi connectivity index (χ1n) is 10.2. The monoisotopic (exact) mass is 410 g/mol. The summed E-state index contributed by atoms with van der Waals surface area (Å²) in [6, 6.07) is 6.51. The summed E-state index contributed by atoms with van der Waals surface area (Å²) in [7, 11) is -1.88. The zero-order valence-electron chi connectivity index (χ0n) is 17.6. The van der Waals surface area contributed by atoms with Gasteiger partial charge in [-0.2, -0.15) is 4.31 Å². The summed E-state index contributed by atoms with van der Waals surface area (Å²) >= 11 is 0. The van der Waals surface area contributed by atoms with Gasteiger partial charge in [-0.1, -0.05) is 20.8 Å². The normalized spacial score (nSPS) is 16.5. The number of sulfonamides is 1. The molecule has 1 heterocycles. The minimum absolute atomic E-state index is 0.0819. The average Bonchev–Trinajstić information content (AvgIpc) is 2.71. The predicted molar refractivity (Wildman–Crippen MR) is 111 cm³/mol.